The Kier molecular flexibility index (Phi) is 3.31. The van der Waals surface area contributed by atoms with Gasteiger partial charge in [0, 0.05) is 0 Å². The Hall–Kier alpha value is -1.03. The molecule has 1 aromatic rings. The van der Waals surface area contributed by atoms with E-state index < -0.39 is 5.97 Å². The highest BCUT2D eigenvalue weighted by molar-refractivity contribution is 7.12. The van der Waals surface area contributed by atoms with Crippen molar-refractivity contribution in [2.75, 3.05) is 0 Å². The first-order valence-electron chi connectivity index (χ1n) is 4.12. The molecule has 0 aromatic carbocycles. The van der Waals surface area contributed by atoms with Crippen LogP contribution in [-0.4, -0.2) is 17.2 Å². The molecule has 1 unspecified atom stereocenters. The Labute approximate surface area is 81.0 Å². The van der Waals surface area contributed by atoms with Crippen LogP contribution in [0.2, 0.25) is 0 Å². The van der Waals surface area contributed by atoms with Gasteiger partial charge in [0.1, 0.15) is 5.75 Å². The Morgan fingerprint density at radius 2 is 2.46 bits per heavy atom. The van der Waals surface area contributed by atoms with E-state index in [9.17, 15) is 4.79 Å². The van der Waals surface area contributed by atoms with Gasteiger partial charge in [-0.05, 0) is 24.8 Å². The van der Waals surface area contributed by atoms with Crippen LogP contribution >= 0.6 is 11.3 Å². The fourth-order valence-corrected chi connectivity index (χ4v) is 1.51. The summed E-state index contributed by atoms with van der Waals surface area (Å²) in [6.07, 6.45) is 0.933. The molecule has 0 amide bonds. The van der Waals surface area contributed by atoms with Gasteiger partial charge in [0.05, 0.1) is 6.10 Å². The molecule has 1 rings (SSSR count). The summed E-state index contributed by atoms with van der Waals surface area (Å²) in [5.74, 6) is -0.444. The van der Waals surface area contributed by atoms with E-state index in [-0.39, 0.29) is 11.0 Å². The summed E-state index contributed by atoms with van der Waals surface area (Å²) in [4.78, 5) is 11.0. The van der Waals surface area contributed by atoms with E-state index in [0.29, 0.717) is 5.75 Å². The van der Waals surface area contributed by atoms with Crippen molar-refractivity contribution in [2.45, 2.75) is 26.4 Å². The van der Waals surface area contributed by atoms with Gasteiger partial charge in [0.25, 0.3) is 0 Å². The molecule has 0 aliphatic carbocycles. The SMILES string of the molecule is CCC(C)Oc1ccsc1C(=O)O. The Balaban J connectivity index is 2.76. The molecule has 0 bridgehead atoms. The van der Waals surface area contributed by atoms with Crippen LogP contribution in [0.1, 0.15) is 29.9 Å². The zero-order chi connectivity index (χ0) is 9.84. The van der Waals surface area contributed by atoms with Gasteiger partial charge in [-0.2, -0.15) is 0 Å². The van der Waals surface area contributed by atoms with Crippen LogP contribution in [0.15, 0.2) is 11.4 Å². The van der Waals surface area contributed by atoms with Crippen molar-refractivity contribution < 1.29 is 14.6 Å². The van der Waals surface area contributed by atoms with E-state index in [2.05, 4.69) is 0 Å². The van der Waals surface area contributed by atoms with Gasteiger partial charge in [0.2, 0.25) is 0 Å². The van der Waals surface area contributed by atoms with E-state index in [1.54, 1.807) is 11.4 Å². The van der Waals surface area contributed by atoms with Crippen molar-refractivity contribution in [1.82, 2.24) is 0 Å². The van der Waals surface area contributed by atoms with Gasteiger partial charge in [-0.15, -0.1) is 11.3 Å². The van der Waals surface area contributed by atoms with Crippen molar-refractivity contribution in [2.24, 2.45) is 0 Å². The first-order chi connectivity index (χ1) is 6.15. The smallest absolute Gasteiger partial charge is 0.349 e. The lowest BCUT2D eigenvalue weighted by molar-refractivity contribution is 0.0696. The summed E-state index contributed by atoms with van der Waals surface area (Å²) in [6.45, 7) is 3.92. The number of hydrogen-bond donors (Lipinski definition) is 1. The number of carboxylic acids is 1. The van der Waals surface area contributed by atoms with Crippen LogP contribution in [0.5, 0.6) is 5.75 Å². The van der Waals surface area contributed by atoms with E-state index >= 15 is 0 Å². The third-order valence-corrected chi connectivity index (χ3v) is 2.61. The van der Waals surface area contributed by atoms with Crippen LogP contribution < -0.4 is 4.74 Å². The van der Waals surface area contributed by atoms with Gasteiger partial charge in [0.15, 0.2) is 4.88 Å². The number of carboxylic acid groups (broad SMARTS) is 1. The molecule has 0 aliphatic heterocycles. The molecule has 0 aliphatic rings. The summed E-state index contributed by atoms with van der Waals surface area (Å²) >= 11 is 1.19. The molecule has 3 nitrogen and oxygen atoms in total. The number of hydrogen-bond acceptors (Lipinski definition) is 3. The minimum absolute atomic E-state index is 0.0627. The highest BCUT2D eigenvalue weighted by Gasteiger charge is 2.14. The van der Waals surface area contributed by atoms with Gasteiger partial charge in [-0.3, -0.25) is 0 Å². The van der Waals surface area contributed by atoms with Crippen molar-refractivity contribution in [3.05, 3.63) is 16.3 Å². The van der Waals surface area contributed by atoms with Crippen LogP contribution in [-0.2, 0) is 0 Å². The zero-order valence-corrected chi connectivity index (χ0v) is 8.43. The number of thiophene rings is 1. The van der Waals surface area contributed by atoms with E-state index in [1.807, 2.05) is 13.8 Å². The largest absolute Gasteiger partial charge is 0.489 e. The maximum Gasteiger partial charge on any atom is 0.349 e. The number of carbonyl (C=O) groups is 1. The summed E-state index contributed by atoms with van der Waals surface area (Å²) in [6, 6.07) is 1.69. The zero-order valence-electron chi connectivity index (χ0n) is 7.61. The minimum atomic E-state index is -0.923. The van der Waals surface area contributed by atoms with Crippen molar-refractivity contribution in [1.29, 1.82) is 0 Å². The van der Waals surface area contributed by atoms with E-state index in [1.165, 1.54) is 11.3 Å². The molecule has 0 fully saturated rings. The second-order valence-electron chi connectivity index (χ2n) is 2.76. The average molecular weight is 200 g/mol. The lowest BCUT2D eigenvalue weighted by Crippen LogP contribution is -2.11. The highest BCUT2D eigenvalue weighted by Crippen LogP contribution is 2.25. The molecule has 72 valence electrons. The van der Waals surface area contributed by atoms with Gasteiger partial charge in [-0.25, -0.2) is 4.79 Å². The van der Waals surface area contributed by atoms with Crippen molar-refractivity contribution in [3.63, 3.8) is 0 Å². The lowest BCUT2D eigenvalue weighted by Gasteiger charge is -2.11. The summed E-state index contributed by atoms with van der Waals surface area (Å²) < 4.78 is 5.43. The van der Waals surface area contributed by atoms with Crippen molar-refractivity contribution >= 4 is 17.3 Å². The molecule has 0 radical (unpaired) electrons. The fraction of sp³-hybridized carbons (Fsp3) is 0.444. The number of ether oxygens (including phenoxy) is 1. The molecule has 13 heavy (non-hydrogen) atoms. The lowest BCUT2D eigenvalue weighted by atomic mass is 10.3. The minimum Gasteiger partial charge on any atom is -0.489 e. The first-order valence-corrected chi connectivity index (χ1v) is 5.00. The molecular formula is C9H12O3S. The Bertz CT molecular complexity index is 293. The topological polar surface area (TPSA) is 46.5 Å². The highest BCUT2D eigenvalue weighted by atomic mass is 32.1. The molecule has 0 spiro atoms. The van der Waals surface area contributed by atoms with Crippen LogP contribution in [0.4, 0.5) is 0 Å². The summed E-state index contributed by atoms with van der Waals surface area (Å²) in [5, 5.41) is 10.5. The normalized spacial score (nSPS) is 12.5. The monoisotopic (exact) mass is 200 g/mol. The predicted molar refractivity (Wildman–Crippen MR) is 51.7 cm³/mol. The second kappa shape index (κ2) is 4.28. The van der Waals surface area contributed by atoms with Gasteiger partial charge in [-0.1, -0.05) is 6.92 Å². The van der Waals surface area contributed by atoms with Gasteiger partial charge < -0.3 is 9.84 Å². The molecular weight excluding hydrogens is 188 g/mol. The maximum absolute atomic E-state index is 10.7. The summed E-state index contributed by atoms with van der Waals surface area (Å²) in [5.41, 5.74) is 0. The van der Waals surface area contributed by atoms with Gasteiger partial charge >= 0.3 is 5.97 Å². The molecule has 1 heterocycles. The standard InChI is InChI=1S/C9H12O3S/c1-3-6(2)12-7-4-5-13-8(7)9(10)11/h4-6H,3H2,1-2H3,(H,10,11). The van der Waals surface area contributed by atoms with E-state index in [0.717, 1.165) is 6.42 Å². The maximum atomic E-state index is 10.7. The molecule has 0 saturated carbocycles. The van der Waals surface area contributed by atoms with Crippen LogP contribution in [0.3, 0.4) is 0 Å². The average Bonchev–Trinajstić information content (AvgIpc) is 2.52. The Morgan fingerprint density at radius 1 is 1.77 bits per heavy atom. The van der Waals surface area contributed by atoms with Crippen LogP contribution in [0, 0.1) is 0 Å². The number of rotatable bonds is 4. The molecule has 1 atom stereocenters. The molecule has 1 N–H and O–H groups in total. The number of aromatic carboxylic acids is 1. The van der Waals surface area contributed by atoms with Crippen LogP contribution in [0.25, 0.3) is 0 Å². The molecule has 4 heteroatoms. The Morgan fingerprint density at radius 3 is 3.00 bits per heavy atom. The molecule has 0 saturated heterocycles. The fourth-order valence-electron chi connectivity index (χ4n) is 0.846. The summed E-state index contributed by atoms with van der Waals surface area (Å²) in [7, 11) is 0. The van der Waals surface area contributed by atoms with Crippen molar-refractivity contribution in [3.8, 4) is 5.75 Å². The predicted octanol–water partition coefficient (Wildman–Crippen LogP) is 2.62. The molecule has 1 aromatic heterocycles. The quantitative estimate of drug-likeness (QED) is 0.812. The second-order valence-corrected chi connectivity index (χ2v) is 3.67. The van der Waals surface area contributed by atoms with E-state index in [4.69, 9.17) is 9.84 Å². The first kappa shape index (κ1) is 10.1. The third-order valence-electron chi connectivity index (χ3n) is 1.73. The third kappa shape index (κ3) is 2.45.